The van der Waals surface area contributed by atoms with Crippen LogP contribution in [0.25, 0.3) is 0 Å². The van der Waals surface area contributed by atoms with Gasteiger partial charge in [-0.15, -0.1) is 0 Å². The molecule has 0 heterocycles. The molecule has 0 spiro atoms. The SMILES string of the molecule is C[C@H](N[C@@H](c1ccc(F)c(F)c1)C(C)(C)O)C(Cc1ccc(Cl)cc1)c1cccc(C#N)c1. The number of nitriles is 1. The highest BCUT2D eigenvalue weighted by Gasteiger charge is 2.32. The Balaban J connectivity index is 1.97. The van der Waals surface area contributed by atoms with E-state index in [0.717, 1.165) is 23.3 Å². The maximum atomic E-state index is 14.0. The molecule has 0 amide bonds. The van der Waals surface area contributed by atoms with Crippen LogP contribution in [-0.2, 0) is 6.42 Å². The summed E-state index contributed by atoms with van der Waals surface area (Å²) in [4.78, 5) is 0. The van der Waals surface area contributed by atoms with Crippen molar-refractivity contribution < 1.29 is 13.9 Å². The lowest BCUT2D eigenvalue weighted by atomic mass is 9.83. The van der Waals surface area contributed by atoms with Crippen LogP contribution in [0, 0.1) is 23.0 Å². The highest BCUT2D eigenvalue weighted by Crippen LogP contribution is 2.32. The molecule has 0 saturated heterocycles. The molecule has 33 heavy (non-hydrogen) atoms. The molecule has 0 fully saturated rings. The Labute approximate surface area is 198 Å². The molecule has 2 N–H and O–H groups in total. The van der Waals surface area contributed by atoms with Gasteiger partial charge in [0.1, 0.15) is 0 Å². The summed E-state index contributed by atoms with van der Waals surface area (Å²) in [6.45, 7) is 5.24. The van der Waals surface area contributed by atoms with Crippen molar-refractivity contribution in [3.63, 3.8) is 0 Å². The Morgan fingerprint density at radius 2 is 1.70 bits per heavy atom. The molecule has 172 valence electrons. The average Bonchev–Trinajstić information content (AvgIpc) is 2.78. The third kappa shape index (κ3) is 6.39. The van der Waals surface area contributed by atoms with Gasteiger partial charge in [-0.05, 0) is 80.3 Å². The first kappa shape index (κ1) is 24.9. The standard InChI is InChI=1S/C27H27ClF2N2O/c1-17(32-26(27(2,3)33)21-9-12-24(29)25(30)15-21)23(14-18-7-10-22(28)11-8-18)20-6-4-5-19(13-20)16-31/h4-13,15,17,23,26,32-33H,14H2,1-3H3/t17-,23?,26-/m0/s1. The van der Waals surface area contributed by atoms with Crippen LogP contribution >= 0.6 is 11.6 Å². The Morgan fingerprint density at radius 1 is 1.00 bits per heavy atom. The summed E-state index contributed by atoms with van der Waals surface area (Å²) in [6.07, 6.45) is 0.649. The van der Waals surface area contributed by atoms with E-state index in [9.17, 15) is 19.1 Å². The fourth-order valence-electron chi connectivity index (χ4n) is 4.08. The molecule has 3 aromatic rings. The van der Waals surface area contributed by atoms with Gasteiger partial charge < -0.3 is 10.4 Å². The van der Waals surface area contributed by atoms with Crippen molar-refractivity contribution in [2.75, 3.05) is 0 Å². The van der Waals surface area contributed by atoms with Crippen LogP contribution in [0.4, 0.5) is 8.78 Å². The summed E-state index contributed by atoms with van der Waals surface area (Å²) in [7, 11) is 0. The van der Waals surface area contributed by atoms with E-state index in [4.69, 9.17) is 11.6 Å². The number of aliphatic hydroxyl groups is 1. The average molecular weight is 469 g/mol. The molecule has 0 aliphatic rings. The first-order valence-corrected chi connectivity index (χ1v) is 11.1. The highest BCUT2D eigenvalue weighted by molar-refractivity contribution is 6.30. The molecule has 0 saturated carbocycles. The van der Waals surface area contributed by atoms with Gasteiger partial charge in [-0.1, -0.05) is 41.9 Å². The van der Waals surface area contributed by atoms with Crippen molar-refractivity contribution in [3.05, 3.63) is 106 Å². The molecular weight excluding hydrogens is 442 g/mol. The zero-order valence-electron chi connectivity index (χ0n) is 18.8. The van der Waals surface area contributed by atoms with Crippen molar-refractivity contribution in [2.45, 2.75) is 50.8 Å². The summed E-state index contributed by atoms with van der Waals surface area (Å²) >= 11 is 6.04. The maximum absolute atomic E-state index is 14.0. The number of halogens is 3. The van der Waals surface area contributed by atoms with E-state index in [0.29, 0.717) is 22.6 Å². The summed E-state index contributed by atoms with van der Waals surface area (Å²) in [5.41, 5.74) is 1.78. The first-order valence-electron chi connectivity index (χ1n) is 10.8. The van der Waals surface area contributed by atoms with Crippen molar-refractivity contribution in [2.24, 2.45) is 0 Å². The Kier molecular flexibility index (Phi) is 7.86. The summed E-state index contributed by atoms with van der Waals surface area (Å²) in [5.74, 6) is -1.97. The third-order valence-corrected chi connectivity index (χ3v) is 6.08. The van der Waals surface area contributed by atoms with Crippen LogP contribution in [0.2, 0.25) is 5.02 Å². The van der Waals surface area contributed by atoms with E-state index in [2.05, 4.69) is 11.4 Å². The largest absolute Gasteiger partial charge is 0.388 e. The molecule has 0 radical (unpaired) electrons. The fourth-order valence-corrected chi connectivity index (χ4v) is 4.20. The molecule has 3 rings (SSSR count). The second-order valence-electron chi connectivity index (χ2n) is 8.89. The molecular formula is C27H27ClF2N2O. The summed E-state index contributed by atoms with van der Waals surface area (Å²) < 4.78 is 27.5. The number of hydrogen-bond donors (Lipinski definition) is 2. The normalized spacial score (nSPS) is 14.4. The van der Waals surface area contributed by atoms with Crippen LogP contribution in [0.15, 0.2) is 66.7 Å². The zero-order valence-corrected chi connectivity index (χ0v) is 19.6. The predicted molar refractivity (Wildman–Crippen MR) is 127 cm³/mol. The molecule has 0 aliphatic carbocycles. The van der Waals surface area contributed by atoms with E-state index in [1.165, 1.54) is 6.07 Å². The van der Waals surface area contributed by atoms with Gasteiger partial charge in [0.2, 0.25) is 0 Å². The number of nitrogens with zero attached hydrogens (tertiary/aromatic N) is 1. The predicted octanol–water partition coefficient (Wildman–Crippen LogP) is 6.31. The minimum absolute atomic E-state index is 0.0744. The first-order chi connectivity index (χ1) is 15.6. The second kappa shape index (κ2) is 10.4. The number of hydrogen-bond acceptors (Lipinski definition) is 3. The van der Waals surface area contributed by atoms with E-state index >= 15 is 0 Å². The van der Waals surface area contributed by atoms with Gasteiger partial charge in [0.25, 0.3) is 0 Å². The van der Waals surface area contributed by atoms with Gasteiger partial charge in [0, 0.05) is 17.0 Å². The second-order valence-corrected chi connectivity index (χ2v) is 9.33. The van der Waals surface area contributed by atoms with Crippen LogP contribution in [0.5, 0.6) is 0 Å². The molecule has 6 heteroatoms. The highest BCUT2D eigenvalue weighted by atomic mass is 35.5. The topological polar surface area (TPSA) is 56.0 Å². The molecule has 3 atom stereocenters. The van der Waals surface area contributed by atoms with Crippen molar-refractivity contribution in [3.8, 4) is 6.07 Å². The number of benzene rings is 3. The minimum atomic E-state index is -1.25. The quantitative estimate of drug-likeness (QED) is 0.407. The van der Waals surface area contributed by atoms with Gasteiger partial charge in [-0.25, -0.2) is 8.78 Å². The summed E-state index contributed by atoms with van der Waals surface area (Å²) in [5, 5.41) is 24.3. The molecule has 1 unspecified atom stereocenters. The van der Waals surface area contributed by atoms with E-state index < -0.39 is 23.3 Å². The van der Waals surface area contributed by atoms with E-state index in [1.54, 1.807) is 19.9 Å². The van der Waals surface area contributed by atoms with Crippen molar-refractivity contribution in [1.29, 1.82) is 5.26 Å². The molecule has 0 bridgehead atoms. The van der Waals surface area contributed by atoms with Crippen LogP contribution in [0.3, 0.4) is 0 Å². The molecule has 3 nitrogen and oxygen atoms in total. The lowest BCUT2D eigenvalue weighted by Gasteiger charge is -2.36. The third-order valence-electron chi connectivity index (χ3n) is 5.83. The van der Waals surface area contributed by atoms with E-state index in [1.807, 2.05) is 49.4 Å². The molecule has 0 aromatic heterocycles. The maximum Gasteiger partial charge on any atom is 0.159 e. The Hall–Kier alpha value is -2.78. The summed E-state index contributed by atoms with van der Waals surface area (Å²) in [6, 6.07) is 20.0. The van der Waals surface area contributed by atoms with Crippen molar-refractivity contribution in [1.82, 2.24) is 5.32 Å². The van der Waals surface area contributed by atoms with Gasteiger partial charge in [-0.3, -0.25) is 0 Å². The minimum Gasteiger partial charge on any atom is -0.388 e. The molecule has 3 aromatic carbocycles. The fraction of sp³-hybridized carbons (Fsp3) is 0.296. The van der Waals surface area contributed by atoms with Gasteiger partial charge >= 0.3 is 0 Å². The van der Waals surface area contributed by atoms with Crippen LogP contribution in [0.1, 0.15) is 55.0 Å². The van der Waals surface area contributed by atoms with Crippen LogP contribution < -0.4 is 5.32 Å². The number of rotatable bonds is 8. The van der Waals surface area contributed by atoms with Gasteiger partial charge in [0.15, 0.2) is 11.6 Å². The van der Waals surface area contributed by atoms with Crippen molar-refractivity contribution >= 4 is 11.6 Å². The van der Waals surface area contributed by atoms with Crippen LogP contribution in [-0.4, -0.2) is 16.7 Å². The van der Waals surface area contributed by atoms with Gasteiger partial charge in [-0.2, -0.15) is 5.26 Å². The smallest absolute Gasteiger partial charge is 0.159 e. The molecule has 0 aliphatic heterocycles. The lowest BCUT2D eigenvalue weighted by Crippen LogP contribution is -2.45. The zero-order chi connectivity index (χ0) is 24.2. The monoisotopic (exact) mass is 468 g/mol. The van der Waals surface area contributed by atoms with Gasteiger partial charge in [0.05, 0.1) is 23.3 Å². The Bertz CT molecular complexity index is 1140. The number of nitrogens with one attached hydrogen (secondary N) is 1. The van der Waals surface area contributed by atoms with E-state index in [-0.39, 0.29) is 12.0 Å². The lowest BCUT2D eigenvalue weighted by molar-refractivity contribution is 0.0315. The Morgan fingerprint density at radius 3 is 2.30 bits per heavy atom.